The minimum atomic E-state index is -0.472. The van der Waals surface area contributed by atoms with Gasteiger partial charge in [-0.05, 0) is 15.9 Å². The molecule has 2 amide bonds. The molecule has 0 aromatic carbocycles. The molecule has 80 valence electrons. The molecule has 2 rings (SSSR count). The monoisotopic (exact) mass is 289 g/mol. The first kappa shape index (κ1) is 10.6. The number of hydrogen-bond acceptors (Lipinski definition) is 5. The Morgan fingerprint density at radius 3 is 2.87 bits per heavy atom. The van der Waals surface area contributed by atoms with Crippen molar-refractivity contribution in [1.82, 2.24) is 9.88 Å². The third kappa shape index (κ3) is 2.03. The third-order valence-electron chi connectivity index (χ3n) is 2.16. The average Bonchev–Trinajstić information content (AvgIpc) is 2.68. The van der Waals surface area contributed by atoms with Gasteiger partial charge in [-0.1, -0.05) is 11.3 Å². The molecule has 5 nitrogen and oxygen atoms in total. The Morgan fingerprint density at radius 2 is 2.40 bits per heavy atom. The summed E-state index contributed by atoms with van der Waals surface area (Å²) >= 11 is 4.67. The van der Waals surface area contributed by atoms with Crippen LogP contribution in [0.25, 0.3) is 0 Å². The molecular weight excluding hydrogens is 282 g/mol. The Kier molecular flexibility index (Phi) is 2.74. The fourth-order valence-corrected chi connectivity index (χ4v) is 2.50. The van der Waals surface area contributed by atoms with E-state index >= 15 is 0 Å². The van der Waals surface area contributed by atoms with E-state index in [1.165, 1.54) is 18.4 Å². The van der Waals surface area contributed by atoms with E-state index in [1.54, 1.807) is 6.20 Å². The van der Waals surface area contributed by atoms with Crippen molar-refractivity contribution in [1.29, 1.82) is 0 Å². The minimum absolute atomic E-state index is 0.159. The molecule has 15 heavy (non-hydrogen) atoms. The van der Waals surface area contributed by atoms with Gasteiger partial charge < -0.3 is 5.32 Å². The zero-order valence-corrected chi connectivity index (χ0v) is 10.3. The summed E-state index contributed by atoms with van der Waals surface area (Å²) in [5, 5.41) is 3.58. The largest absolute Gasteiger partial charge is 0.349 e. The molecule has 1 fully saturated rings. The van der Waals surface area contributed by atoms with Crippen molar-refractivity contribution in [2.45, 2.75) is 12.5 Å². The Bertz CT molecular complexity index is 420. The summed E-state index contributed by atoms with van der Waals surface area (Å²) in [6.45, 7) is 0. The molecule has 2 heterocycles. The number of hydrogen-bond donors (Lipinski definition) is 1. The SMILES string of the molecule is CN1C(=O)CC(Nc2ncc(Br)s2)C1=O. The van der Waals surface area contributed by atoms with E-state index in [4.69, 9.17) is 0 Å². The molecule has 1 aliphatic rings. The molecule has 1 atom stereocenters. The lowest BCUT2D eigenvalue weighted by atomic mass is 10.2. The Morgan fingerprint density at radius 1 is 1.67 bits per heavy atom. The van der Waals surface area contributed by atoms with E-state index in [-0.39, 0.29) is 18.2 Å². The van der Waals surface area contributed by atoms with E-state index in [0.29, 0.717) is 5.13 Å². The average molecular weight is 290 g/mol. The summed E-state index contributed by atoms with van der Waals surface area (Å²) in [5.41, 5.74) is 0. The van der Waals surface area contributed by atoms with Crippen LogP contribution in [0, 0.1) is 0 Å². The number of anilines is 1. The molecular formula is C8H8BrN3O2S. The molecule has 0 aliphatic carbocycles. The number of rotatable bonds is 2. The normalized spacial score (nSPS) is 21.2. The van der Waals surface area contributed by atoms with Gasteiger partial charge in [0.05, 0.1) is 16.4 Å². The standard InChI is InChI=1S/C8H8BrN3O2S/c1-12-6(13)2-4(7(12)14)11-8-10-3-5(9)15-8/h3-4H,2H2,1H3,(H,10,11). The third-order valence-corrected chi connectivity index (χ3v) is 3.56. The number of halogens is 1. The van der Waals surface area contributed by atoms with Crippen molar-refractivity contribution < 1.29 is 9.59 Å². The molecule has 1 aromatic rings. The molecule has 0 radical (unpaired) electrons. The van der Waals surface area contributed by atoms with Gasteiger partial charge in [0.1, 0.15) is 6.04 Å². The van der Waals surface area contributed by atoms with Crippen molar-refractivity contribution in [2.24, 2.45) is 0 Å². The fraction of sp³-hybridized carbons (Fsp3) is 0.375. The maximum Gasteiger partial charge on any atom is 0.251 e. The van der Waals surface area contributed by atoms with E-state index < -0.39 is 6.04 Å². The van der Waals surface area contributed by atoms with Gasteiger partial charge in [0.2, 0.25) is 5.91 Å². The molecule has 1 aliphatic heterocycles. The summed E-state index contributed by atoms with van der Waals surface area (Å²) in [4.78, 5) is 27.9. The second-order valence-electron chi connectivity index (χ2n) is 3.16. The number of likely N-dealkylation sites (N-methyl/N-ethyl adjacent to an activating group) is 1. The first-order chi connectivity index (χ1) is 7.08. The number of likely N-dealkylation sites (tertiary alicyclic amines) is 1. The van der Waals surface area contributed by atoms with Gasteiger partial charge >= 0.3 is 0 Å². The molecule has 1 aromatic heterocycles. The van der Waals surface area contributed by atoms with E-state index in [1.807, 2.05) is 0 Å². The quantitative estimate of drug-likeness (QED) is 0.828. The van der Waals surface area contributed by atoms with Crippen LogP contribution in [0.4, 0.5) is 5.13 Å². The second kappa shape index (κ2) is 3.90. The number of aromatic nitrogens is 1. The number of amides is 2. The summed E-state index contributed by atoms with van der Waals surface area (Å²) in [7, 11) is 1.49. The topological polar surface area (TPSA) is 62.3 Å². The van der Waals surface area contributed by atoms with Gasteiger partial charge in [-0.3, -0.25) is 14.5 Å². The van der Waals surface area contributed by atoms with Crippen LogP contribution in [0.15, 0.2) is 9.98 Å². The first-order valence-electron chi connectivity index (χ1n) is 4.26. The highest BCUT2D eigenvalue weighted by Crippen LogP contribution is 2.25. The van der Waals surface area contributed by atoms with Crippen molar-refractivity contribution >= 4 is 44.2 Å². The zero-order chi connectivity index (χ0) is 11.0. The smallest absolute Gasteiger partial charge is 0.251 e. The molecule has 1 saturated heterocycles. The van der Waals surface area contributed by atoms with Crippen LogP contribution in [-0.2, 0) is 9.59 Å². The molecule has 7 heteroatoms. The van der Waals surface area contributed by atoms with Gasteiger partial charge in [-0.25, -0.2) is 4.98 Å². The van der Waals surface area contributed by atoms with Crippen molar-refractivity contribution in [3.05, 3.63) is 9.98 Å². The maximum absolute atomic E-state index is 11.5. The fourth-order valence-electron chi connectivity index (χ4n) is 1.34. The highest BCUT2D eigenvalue weighted by atomic mass is 79.9. The minimum Gasteiger partial charge on any atom is -0.349 e. The van der Waals surface area contributed by atoms with Gasteiger partial charge in [0, 0.05) is 7.05 Å². The van der Waals surface area contributed by atoms with Crippen molar-refractivity contribution in [2.75, 3.05) is 12.4 Å². The van der Waals surface area contributed by atoms with Gasteiger partial charge in [0.25, 0.3) is 5.91 Å². The van der Waals surface area contributed by atoms with Crippen LogP contribution in [0.2, 0.25) is 0 Å². The summed E-state index contributed by atoms with van der Waals surface area (Å²) in [5.74, 6) is -0.362. The van der Waals surface area contributed by atoms with Crippen LogP contribution in [0.3, 0.4) is 0 Å². The number of carbonyl (C=O) groups excluding carboxylic acids is 2. The maximum atomic E-state index is 11.5. The highest BCUT2D eigenvalue weighted by molar-refractivity contribution is 9.11. The van der Waals surface area contributed by atoms with Gasteiger partial charge in [-0.15, -0.1) is 0 Å². The molecule has 1 unspecified atom stereocenters. The molecule has 0 spiro atoms. The lowest BCUT2D eigenvalue weighted by molar-refractivity contribution is -0.136. The van der Waals surface area contributed by atoms with Gasteiger partial charge in [-0.2, -0.15) is 0 Å². The van der Waals surface area contributed by atoms with Crippen LogP contribution in [-0.4, -0.2) is 34.8 Å². The second-order valence-corrected chi connectivity index (χ2v) is 5.57. The van der Waals surface area contributed by atoms with Gasteiger partial charge in [0.15, 0.2) is 5.13 Å². The lowest BCUT2D eigenvalue weighted by Gasteiger charge is -2.09. The number of carbonyl (C=O) groups is 2. The Balaban J connectivity index is 2.08. The van der Waals surface area contributed by atoms with Crippen molar-refractivity contribution in [3.63, 3.8) is 0 Å². The van der Waals surface area contributed by atoms with E-state index in [0.717, 1.165) is 8.69 Å². The lowest BCUT2D eigenvalue weighted by Crippen LogP contribution is -2.31. The zero-order valence-electron chi connectivity index (χ0n) is 7.86. The van der Waals surface area contributed by atoms with Crippen LogP contribution >= 0.6 is 27.3 Å². The predicted molar refractivity (Wildman–Crippen MR) is 59.6 cm³/mol. The van der Waals surface area contributed by atoms with Crippen molar-refractivity contribution in [3.8, 4) is 0 Å². The number of nitrogens with zero attached hydrogens (tertiary/aromatic N) is 2. The number of imide groups is 1. The molecule has 0 saturated carbocycles. The Hall–Kier alpha value is -0.950. The number of thiazole rings is 1. The summed E-state index contributed by atoms with van der Waals surface area (Å²) in [6.07, 6.45) is 1.85. The summed E-state index contributed by atoms with van der Waals surface area (Å²) in [6, 6.07) is -0.472. The van der Waals surface area contributed by atoms with Crippen LogP contribution in [0.5, 0.6) is 0 Å². The van der Waals surface area contributed by atoms with E-state index in [9.17, 15) is 9.59 Å². The van der Waals surface area contributed by atoms with E-state index in [2.05, 4.69) is 26.2 Å². The molecule has 0 bridgehead atoms. The first-order valence-corrected chi connectivity index (χ1v) is 5.87. The van der Waals surface area contributed by atoms with Crippen LogP contribution < -0.4 is 5.32 Å². The Labute approximate surface area is 98.6 Å². The van der Waals surface area contributed by atoms with Crippen LogP contribution in [0.1, 0.15) is 6.42 Å². The highest BCUT2D eigenvalue weighted by Gasteiger charge is 2.36. The summed E-state index contributed by atoms with van der Waals surface area (Å²) < 4.78 is 0.884. The molecule has 1 N–H and O–H groups in total. The number of nitrogens with one attached hydrogen (secondary N) is 1. The predicted octanol–water partition coefficient (Wildman–Crippen LogP) is 1.07.